The fourth-order valence-corrected chi connectivity index (χ4v) is 2.55. The van der Waals surface area contributed by atoms with E-state index in [1.807, 2.05) is 49.2 Å². The van der Waals surface area contributed by atoms with Gasteiger partial charge in [-0.2, -0.15) is 0 Å². The third-order valence-corrected chi connectivity index (χ3v) is 4.01. The average Bonchev–Trinajstić information content (AvgIpc) is 2.46. The van der Waals surface area contributed by atoms with Crippen molar-refractivity contribution in [3.8, 4) is 0 Å². The van der Waals surface area contributed by atoms with Crippen LogP contribution < -0.4 is 4.90 Å². The summed E-state index contributed by atoms with van der Waals surface area (Å²) in [5.41, 5.74) is 2.08. The number of rotatable bonds is 4. The van der Waals surface area contributed by atoms with Crippen molar-refractivity contribution in [1.82, 2.24) is 0 Å². The van der Waals surface area contributed by atoms with Gasteiger partial charge in [0.25, 0.3) is 0 Å². The molecule has 0 aliphatic rings. The summed E-state index contributed by atoms with van der Waals surface area (Å²) in [4.78, 5) is 1.95. The van der Waals surface area contributed by atoms with Crippen molar-refractivity contribution in [1.29, 1.82) is 0 Å². The summed E-state index contributed by atoms with van der Waals surface area (Å²) in [5, 5.41) is 10.5. The van der Waals surface area contributed by atoms with Crippen LogP contribution in [-0.2, 0) is 0 Å². The van der Waals surface area contributed by atoms with Gasteiger partial charge in [-0.3, -0.25) is 0 Å². The van der Waals surface area contributed by atoms with Crippen LogP contribution in [0.5, 0.6) is 0 Å². The van der Waals surface area contributed by atoms with E-state index in [2.05, 4.69) is 0 Å². The molecular formula is C17H19ClFNO. The second-order valence-electron chi connectivity index (χ2n) is 5.19. The lowest BCUT2D eigenvalue weighted by atomic mass is 10.0. The molecule has 2 aromatic rings. The van der Waals surface area contributed by atoms with Crippen molar-refractivity contribution in [2.24, 2.45) is 0 Å². The lowest BCUT2D eigenvalue weighted by Crippen LogP contribution is -2.23. The van der Waals surface area contributed by atoms with Gasteiger partial charge >= 0.3 is 0 Å². The van der Waals surface area contributed by atoms with Crippen LogP contribution in [0.25, 0.3) is 0 Å². The molecule has 2 rings (SSSR count). The lowest BCUT2D eigenvalue weighted by Gasteiger charge is -2.30. The first-order valence-corrected chi connectivity index (χ1v) is 7.24. The fourth-order valence-electron chi connectivity index (χ4n) is 2.42. The van der Waals surface area contributed by atoms with Gasteiger partial charge in [0.15, 0.2) is 0 Å². The molecule has 1 unspecified atom stereocenters. The van der Waals surface area contributed by atoms with Crippen molar-refractivity contribution in [2.75, 3.05) is 11.9 Å². The third-order valence-electron chi connectivity index (χ3n) is 3.76. The Hall–Kier alpha value is -1.58. The molecule has 2 nitrogen and oxygen atoms in total. The Morgan fingerprint density at radius 2 is 1.71 bits per heavy atom. The molecule has 2 aromatic carbocycles. The molecule has 0 bridgehead atoms. The highest BCUT2D eigenvalue weighted by atomic mass is 35.5. The van der Waals surface area contributed by atoms with E-state index in [0.29, 0.717) is 16.3 Å². The van der Waals surface area contributed by atoms with Crippen molar-refractivity contribution in [3.63, 3.8) is 0 Å². The average molecular weight is 308 g/mol. The Bertz CT molecular complexity index is 613. The van der Waals surface area contributed by atoms with E-state index in [0.717, 1.165) is 5.56 Å². The standard InChI is InChI=1S/C17H19ClFNO/c1-11(13-7-9-14(18)10-8-13)20(3)16-6-4-5-15(19)17(16)12(2)21/h4-12,21H,1-3H3/t11?,12-/m0/s1. The molecule has 1 N–H and O–H groups in total. The third kappa shape index (κ3) is 3.36. The Kier molecular flexibility index (Phi) is 4.86. The minimum Gasteiger partial charge on any atom is -0.389 e. The van der Waals surface area contributed by atoms with Crippen LogP contribution in [0.15, 0.2) is 42.5 Å². The van der Waals surface area contributed by atoms with Crippen molar-refractivity contribution >= 4 is 17.3 Å². The topological polar surface area (TPSA) is 23.5 Å². The number of benzene rings is 2. The van der Waals surface area contributed by atoms with Gasteiger partial charge in [0, 0.05) is 23.3 Å². The summed E-state index contributed by atoms with van der Waals surface area (Å²) >= 11 is 5.90. The zero-order chi connectivity index (χ0) is 15.6. The summed E-state index contributed by atoms with van der Waals surface area (Å²) < 4.78 is 14.0. The van der Waals surface area contributed by atoms with Gasteiger partial charge in [-0.05, 0) is 43.7 Å². The molecule has 0 heterocycles. The van der Waals surface area contributed by atoms with Crippen molar-refractivity contribution < 1.29 is 9.50 Å². The largest absolute Gasteiger partial charge is 0.389 e. The van der Waals surface area contributed by atoms with Crippen LogP contribution in [-0.4, -0.2) is 12.2 Å². The minimum atomic E-state index is -0.860. The van der Waals surface area contributed by atoms with Gasteiger partial charge in [0.05, 0.1) is 12.1 Å². The molecule has 2 atom stereocenters. The molecule has 0 saturated heterocycles. The van der Waals surface area contributed by atoms with Crippen LogP contribution in [0.2, 0.25) is 5.02 Å². The minimum absolute atomic E-state index is 0.0292. The molecule has 0 aromatic heterocycles. The Morgan fingerprint density at radius 3 is 2.29 bits per heavy atom. The molecule has 21 heavy (non-hydrogen) atoms. The molecule has 0 radical (unpaired) electrons. The molecular weight excluding hydrogens is 289 g/mol. The van der Waals surface area contributed by atoms with E-state index < -0.39 is 11.9 Å². The molecule has 0 amide bonds. The van der Waals surface area contributed by atoms with Crippen LogP contribution in [0.1, 0.15) is 37.1 Å². The predicted molar refractivity (Wildman–Crippen MR) is 85.3 cm³/mol. The fraction of sp³-hybridized carbons (Fsp3) is 0.294. The van der Waals surface area contributed by atoms with E-state index in [1.165, 1.54) is 6.07 Å². The summed E-state index contributed by atoms with van der Waals surface area (Å²) in [6.45, 7) is 3.60. The van der Waals surface area contributed by atoms with Crippen LogP contribution in [0, 0.1) is 5.82 Å². The van der Waals surface area contributed by atoms with Gasteiger partial charge in [-0.1, -0.05) is 29.8 Å². The highest BCUT2D eigenvalue weighted by Crippen LogP contribution is 2.33. The maximum absolute atomic E-state index is 14.0. The van der Waals surface area contributed by atoms with E-state index >= 15 is 0 Å². The smallest absolute Gasteiger partial charge is 0.131 e. The van der Waals surface area contributed by atoms with E-state index in [4.69, 9.17) is 11.6 Å². The van der Waals surface area contributed by atoms with Gasteiger partial charge in [-0.25, -0.2) is 4.39 Å². The SMILES string of the molecule is CC(c1ccc(Cl)cc1)N(C)c1cccc(F)c1[C@H](C)O. The predicted octanol–water partition coefficient (Wildman–Crippen LogP) is 4.73. The normalized spacial score (nSPS) is 13.8. The molecule has 0 fully saturated rings. The van der Waals surface area contributed by atoms with E-state index in [1.54, 1.807) is 13.0 Å². The molecule has 112 valence electrons. The number of anilines is 1. The quantitative estimate of drug-likeness (QED) is 0.882. The Labute approximate surface area is 129 Å². The zero-order valence-electron chi connectivity index (χ0n) is 12.3. The zero-order valence-corrected chi connectivity index (χ0v) is 13.1. The van der Waals surface area contributed by atoms with Crippen LogP contribution >= 0.6 is 11.6 Å². The maximum Gasteiger partial charge on any atom is 0.131 e. The molecule has 0 aliphatic heterocycles. The highest BCUT2D eigenvalue weighted by Gasteiger charge is 2.20. The summed E-state index contributed by atoms with van der Waals surface area (Å²) in [7, 11) is 1.89. The molecule has 4 heteroatoms. The number of aliphatic hydroxyl groups excluding tert-OH is 1. The number of aliphatic hydroxyl groups is 1. The molecule has 0 spiro atoms. The van der Waals surface area contributed by atoms with Crippen LogP contribution in [0.3, 0.4) is 0 Å². The van der Waals surface area contributed by atoms with Gasteiger partial charge in [0.1, 0.15) is 5.82 Å². The number of halogens is 2. The highest BCUT2D eigenvalue weighted by molar-refractivity contribution is 6.30. The van der Waals surface area contributed by atoms with Crippen molar-refractivity contribution in [2.45, 2.75) is 26.0 Å². The monoisotopic (exact) mass is 307 g/mol. The first-order chi connectivity index (χ1) is 9.91. The van der Waals surface area contributed by atoms with Crippen molar-refractivity contribution in [3.05, 3.63) is 64.4 Å². The second-order valence-corrected chi connectivity index (χ2v) is 5.62. The number of nitrogens with zero attached hydrogens (tertiary/aromatic N) is 1. The van der Waals surface area contributed by atoms with Gasteiger partial charge < -0.3 is 10.0 Å². The lowest BCUT2D eigenvalue weighted by molar-refractivity contribution is 0.194. The van der Waals surface area contributed by atoms with Gasteiger partial charge in [0.2, 0.25) is 0 Å². The second kappa shape index (κ2) is 6.46. The van der Waals surface area contributed by atoms with E-state index in [9.17, 15) is 9.50 Å². The Morgan fingerprint density at radius 1 is 1.10 bits per heavy atom. The van der Waals surface area contributed by atoms with Gasteiger partial charge in [-0.15, -0.1) is 0 Å². The summed E-state index contributed by atoms with van der Waals surface area (Å²) in [5.74, 6) is -0.391. The summed E-state index contributed by atoms with van der Waals surface area (Å²) in [6.07, 6.45) is -0.860. The van der Waals surface area contributed by atoms with E-state index in [-0.39, 0.29) is 6.04 Å². The number of hydrogen-bond donors (Lipinski definition) is 1. The first-order valence-electron chi connectivity index (χ1n) is 6.86. The van der Waals surface area contributed by atoms with Crippen LogP contribution in [0.4, 0.5) is 10.1 Å². The summed E-state index contributed by atoms with van der Waals surface area (Å²) in [6, 6.07) is 12.4. The maximum atomic E-state index is 14.0. The molecule has 0 saturated carbocycles. The Balaban J connectivity index is 2.37. The molecule has 0 aliphatic carbocycles. The first kappa shape index (κ1) is 15.8. The number of hydrogen-bond acceptors (Lipinski definition) is 2.